The van der Waals surface area contributed by atoms with E-state index in [0.717, 1.165) is 6.26 Å². The van der Waals surface area contributed by atoms with Gasteiger partial charge in [0.25, 0.3) is 10.1 Å². The summed E-state index contributed by atoms with van der Waals surface area (Å²) in [6.45, 7) is 5.22. The van der Waals surface area contributed by atoms with Gasteiger partial charge in [-0.25, -0.2) is 9.48 Å². The van der Waals surface area contributed by atoms with E-state index in [4.69, 9.17) is 10.5 Å². The Morgan fingerprint density at radius 1 is 1.45 bits per heavy atom. The number of ether oxygens (including phenoxy) is 1. The molecule has 0 spiro atoms. The highest BCUT2D eigenvalue weighted by atomic mass is 32.2. The lowest BCUT2D eigenvalue weighted by molar-refractivity contribution is 0.00706. The molecule has 9 heteroatoms. The molecule has 1 rings (SSSR count). The van der Waals surface area contributed by atoms with E-state index in [0.29, 0.717) is 0 Å². The SMILES string of the molecule is CC(C)(C)OC(=O)c1cnn(CCOS(C)(=O)=O)c1N. The van der Waals surface area contributed by atoms with Crippen molar-refractivity contribution in [2.75, 3.05) is 18.6 Å². The van der Waals surface area contributed by atoms with Crippen LogP contribution in [0.5, 0.6) is 0 Å². The molecule has 0 atom stereocenters. The van der Waals surface area contributed by atoms with Crippen molar-refractivity contribution in [3.05, 3.63) is 11.8 Å². The summed E-state index contributed by atoms with van der Waals surface area (Å²) in [5.74, 6) is -0.471. The van der Waals surface area contributed by atoms with Gasteiger partial charge in [0.15, 0.2) is 0 Å². The molecule has 8 nitrogen and oxygen atoms in total. The van der Waals surface area contributed by atoms with Crippen LogP contribution < -0.4 is 5.73 Å². The van der Waals surface area contributed by atoms with Crippen LogP contribution in [0.2, 0.25) is 0 Å². The van der Waals surface area contributed by atoms with E-state index >= 15 is 0 Å². The van der Waals surface area contributed by atoms with Crippen LogP contribution in [0.15, 0.2) is 6.20 Å². The van der Waals surface area contributed by atoms with Crippen LogP contribution in [0, 0.1) is 0 Å². The lowest BCUT2D eigenvalue weighted by Gasteiger charge is -2.19. The highest BCUT2D eigenvalue weighted by Crippen LogP contribution is 2.16. The maximum absolute atomic E-state index is 11.8. The molecule has 0 aliphatic carbocycles. The molecular weight excluding hydrogens is 286 g/mol. The Labute approximate surface area is 118 Å². The molecular formula is C11H19N3O5S. The molecule has 0 aliphatic heterocycles. The molecule has 20 heavy (non-hydrogen) atoms. The van der Waals surface area contributed by atoms with Gasteiger partial charge in [0, 0.05) is 0 Å². The zero-order chi connectivity index (χ0) is 15.6. The van der Waals surface area contributed by atoms with E-state index < -0.39 is 21.7 Å². The Balaban J connectivity index is 2.72. The number of esters is 1. The van der Waals surface area contributed by atoms with Gasteiger partial charge in [-0.3, -0.25) is 4.18 Å². The van der Waals surface area contributed by atoms with Crippen LogP contribution in [-0.4, -0.2) is 42.6 Å². The Bertz CT molecular complexity index is 586. The number of aromatic nitrogens is 2. The van der Waals surface area contributed by atoms with Crippen LogP contribution in [-0.2, 0) is 25.6 Å². The van der Waals surface area contributed by atoms with E-state index in [1.54, 1.807) is 20.8 Å². The molecule has 114 valence electrons. The molecule has 1 aromatic heterocycles. The topological polar surface area (TPSA) is 114 Å². The molecule has 1 heterocycles. The normalized spacial score (nSPS) is 12.4. The van der Waals surface area contributed by atoms with Crippen LogP contribution in [0.1, 0.15) is 31.1 Å². The molecule has 1 aromatic rings. The van der Waals surface area contributed by atoms with Gasteiger partial charge in [-0.2, -0.15) is 13.5 Å². The third-order valence-electron chi connectivity index (χ3n) is 2.10. The quantitative estimate of drug-likeness (QED) is 0.618. The second-order valence-electron chi connectivity index (χ2n) is 5.19. The zero-order valence-electron chi connectivity index (χ0n) is 11.9. The summed E-state index contributed by atoms with van der Waals surface area (Å²) >= 11 is 0. The maximum Gasteiger partial charge on any atom is 0.344 e. The van der Waals surface area contributed by atoms with Gasteiger partial charge >= 0.3 is 5.97 Å². The zero-order valence-corrected chi connectivity index (χ0v) is 12.7. The van der Waals surface area contributed by atoms with Crippen molar-refractivity contribution in [2.24, 2.45) is 0 Å². The van der Waals surface area contributed by atoms with Gasteiger partial charge in [0.1, 0.15) is 17.0 Å². The first-order valence-corrected chi connectivity index (χ1v) is 7.70. The van der Waals surface area contributed by atoms with Crippen LogP contribution in [0.25, 0.3) is 0 Å². The smallest absolute Gasteiger partial charge is 0.344 e. The van der Waals surface area contributed by atoms with Crippen molar-refractivity contribution in [2.45, 2.75) is 32.9 Å². The first-order chi connectivity index (χ1) is 8.99. The van der Waals surface area contributed by atoms with Gasteiger partial charge in [0.2, 0.25) is 0 Å². The summed E-state index contributed by atoms with van der Waals surface area (Å²) < 4.78 is 32.7. The Morgan fingerprint density at radius 3 is 2.55 bits per heavy atom. The first-order valence-electron chi connectivity index (χ1n) is 5.88. The number of nitrogens with two attached hydrogens (primary N) is 1. The summed E-state index contributed by atoms with van der Waals surface area (Å²) in [5.41, 5.74) is 5.27. The monoisotopic (exact) mass is 305 g/mol. The minimum atomic E-state index is -3.51. The van der Waals surface area contributed by atoms with Crippen LogP contribution in [0.4, 0.5) is 5.82 Å². The lowest BCUT2D eigenvalue weighted by Crippen LogP contribution is -2.24. The molecule has 0 saturated heterocycles. The van der Waals surface area contributed by atoms with E-state index in [2.05, 4.69) is 9.28 Å². The minimum absolute atomic E-state index is 0.108. The fourth-order valence-corrected chi connectivity index (χ4v) is 1.72. The summed E-state index contributed by atoms with van der Waals surface area (Å²) in [6, 6.07) is 0. The molecule has 0 unspecified atom stereocenters. The Kier molecular flexibility index (Phi) is 4.77. The standard InChI is InChI=1S/C11H19N3O5S/c1-11(2,3)19-10(15)8-7-13-14(9(8)12)5-6-18-20(4,16)17/h7H,5-6,12H2,1-4H3. The number of nitrogens with zero attached hydrogens (tertiary/aromatic N) is 2. The van der Waals surface area contributed by atoms with Gasteiger partial charge < -0.3 is 10.5 Å². The fraction of sp³-hybridized carbons (Fsp3) is 0.636. The number of carbonyl (C=O) groups excluding carboxylic acids is 1. The van der Waals surface area contributed by atoms with Crippen molar-refractivity contribution in [3.63, 3.8) is 0 Å². The highest BCUT2D eigenvalue weighted by Gasteiger charge is 2.22. The van der Waals surface area contributed by atoms with Gasteiger partial charge in [0.05, 0.1) is 25.6 Å². The van der Waals surface area contributed by atoms with E-state index in [-0.39, 0.29) is 24.5 Å². The lowest BCUT2D eigenvalue weighted by atomic mass is 10.2. The van der Waals surface area contributed by atoms with Gasteiger partial charge in [-0.15, -0.1) is 0 Å². The van der Waals surface area contributed by atoms with E-state index in [1.165, 1.54) is 10.9 Å². The van der Waals surface area contributed by atoms with Crippen molar-refractivity contribution < 1.29 is 22.1 Å². The molecule has 0 bridgehead atoms. The number of hydrogen-bond acceptors (Lipinski definition) is 7. The highest BCUT2D eigenvalue weighted by molar-refractivity contribution is 7.85. The Morgan fingerprint density at radius 2 is 2.05 bits per heavy atom. The molecule has 0 amide bonds. The number of hydrogen-bond donors (Lipinski definition) is 1. The number of anilines is 1. The summed E-state index contributed by atoms with van der Waals surface area (Å²) in [4.78, 5) is 11.8. The molecule has 0 aliphatic rings. The second kappa shape index (κ2) is 5.80. The average molecular weight is 305 g/mol. The average Bonchev–Trinajstić information content (AvgIpc) is 2.56. The van der Waals surface area contributed by atoms with Gasteiger partial charge in [-0.05, 0) is 20.8 Å². The first kappa shape index (κ1) is 16.4. The maximum atomic E-state index is 11.8. The van der Waals surface area contributed by atoms with Crippen LogP contribution in [0.3, 0.4) is 0 Å². The van der Waals surface area contributed by atoms with E-state index in [1.807, 2.05) is 0 Å². The molecule has 0 fully saturated rings. The molecule has 0 radical (unpaired) electrons. The number of nitrogen functional groups attached to an aromatic ring is 1. The Hall–Kier alpha value is -1.61. The summed E-state index contributed by atoms with van der Waals surface area (Å²) in [7, 11) is -3.51. The summed E-state index contributed by atoms with van der Waals surface area (Å²) in [5, 5.41) is 3.90. The van der Waals surface area contributed by atoms with Gasteiger partial charge in [-0.1, -0.05) is 0 Å². The molecule has 0 saturated carbocycles. The van der Waals surface area contributed by atoms with Crippen molar-refractivity contribution in [1.82, 2.24) is 9.78 Å². The molecule has 2 N–H and O–H groups in total. The molecule has 0 aromatic carbocycles. The predicted octanol–water partition coefficient (Wildman–Crippen LogP) is 0.397. The summed E-state index contributed by atoms with van der Waals surface area (Å²) in [6.07, 6.45) is 2.23. The largest absolute Gasteiger partial charge is 0.456 e. The fourth-order valence-electron chi connectivity index (χ4n) is 1.34. The van der Waals surface area contributed by atoms with Crippen molar-refractivity contribution >= 4 is 21.9 Å². The number of rotatable bonds is 5. The predicted molar refractivity (Wildman–Crippen MR) is 72.6 cm³/mol. The van der Waals surface area contributed by atoms with E-state index in [9.17, 15) is 13.2 Å². The van der Waals surface area contributed by atoms with Crippen LogP contribution >= 0.6 is 0 Å². The third-order valence-corrected chi connectivity index (χ3v) is 2.69. The third kappa shape index (κ3) is 5.17. The number of carbonyl (C=O) groups is 1. The van der Waals surface area contributed by atoms with Crippen molar-refractivity contribution in [3.8, 4) is 0 Å². The minimum Gasteiger partial charge on any atom is -0.456 e. The van der Waals surface area contributed by atoms with Crippen molar-refractivity contribution in [1.29, 1.82) is 0 Å². The second-order valence-corrected chi connectivity index (χ2v) is 6.84.